The van der Waals surface area contributed by atoms with E-state index in [-0.39, 0.29) is 11.9 Å². The summed E-state index contributed by atoms with van der Waals surface area (Å²) in [5, 5.41) is 3.49. The highest BCUT2D eigenvalue weighted by atomic mass is 32.2. The molecule has 0 saturated carbocycles. The zero-order chi connectivity index (χ0) is 12.2. The monoisotopic (exact) mass is 249 g/mol. The molecule has 0 spiro atoms. The van der Waals surface area contributed by atoms with Crippen LogP contribution in [0.25, 0.3) is 0 Å². The largest absolute Gasteiger partial charge is 0.376 e. The summed E-state index contributed by atoms with van der Waals surface area (Å²) in [5.74, 6) is 0.121. The van der Waals surface area contributed by atoms with Crippen molar-refractivity contribution < 1.29 is 13.2 Å². The molecule has 0 amide bonds. The topological polar surface area (TPSA) is 55.4 Å². The van der Waals surface area contributed by atoms with Crippen molar-refractivity contribution in [3.63, 3.8) is 0 Å². The fraction of sp³-hybridized carbons (Fsp3) is 1.00. The summed E-state index contributed by atoms with van der Waals surface area (Å²) < 4.78 is 27.6. The Morgan fingerprint density at radius 1 is 1.38 bits per heavy atom. The van der Waals surface area contributed by atoms with E-state index in [0.29, 0.717) is 18.7 Å². The molecule has 0 bridgehead atoms. The summed E-state index contributed by atoms with van der Waals surface area (Å²) in [6.45, 7) is 4.62. The molecule has 3 unspecified atom stereocenters. The van der Waals surface area contributed by atoms with E-state index in [0.717, 1.165) is 19.3 Å². The van der Waals surface area contributed by atoms with Crippen molar-refractivity contribution >= 4 is 9.84 Å². The Balaban J connectivity index is 2.35. The smallest absolute Gasteiger partial charge is 0.149 e. The summed E-state index contributed by atoms with van der Waals surface area (Å²) in [6.07, 6.45) is 4.56. The predicted molar refractivity (Wildman–Crippen MR) is 65.4 cm³/mol. The van der Waals surface area contributed by atoms with Crippen LogP contribution in [0.1, 0.15) is 33.1 Å². The molecule has 1 aliphatic rings. The van der Waals surface area contributed by atoms with Crippen LogP contribution in [0.4, 0.5) is 0 Å². The van der Waals surface area contributed by atoms with Crippen molar-refractivity contribution in [2.24, 2.45) is 0 Å². The molecule has 1 fully saturated rings. The number of ether oxygens (including phenoxy) is 1. The van der Waals surface area contributed by atoms with Crippen LogP contribution < -0.4 is 5.32 Å². The standard InChI is InChI=1S/C11H23NO3S/c1-4-10-11(6-5-9(2)12-10)15-7-8-16(3,13)14/h9-12H,4-8H2,1-3H3. The minimum atomic E-state index is -2.91. The lowest BCUT2D eigenvalue weighted by atomic mass is 9.95. The minimum Gasteiger partial charge on any atom is -0.376 e. The second kappa shape index (κ2) is 5.98. The second-order valence-corrected chi connectivity index (χ2v) is 6.96. The number of nitrogens with one attached hydrogen (secondary N) is 1. The Morgan fingerprint density at radius 3 is 2.62 bits per heavy atom. The summed E-state index contributed by atoms with van der Waals surface area (Å²) in [5.41, 5.74) is 0. The Kier molecular flexibility index (Phi) is 5.21. The molecule has 0 aromatic heterocycles. The Hall–Kier alpha value is -0.130. The van der Waals surface area contributed by atoms with Gasteiger partial charge in [-0.3, -0.25) is 0 Å². The van der Waals surface area contributed by atoms with Crippen molar-refractivity contribution in [3.8, 4) is 0 Å². The van der Waals surface area contributed by atoms with Gasteiger partial charge >= 0.3 is 0 Å². The number of piperidine rings is 1. The minimum absolute atomic E-state index is 0.121. The molecule has 1 heterocycles. The summed E-state index contributed by atoms with van der Waals surface area (Å²) in [4.78, 5) is 0. The maximum Gasteiger partial charge on any atom is 0.149 e. The van der Waals surface area contributed by atoms with Gasteiger partial charge in [0.1, 0.15) is 9.84 Å². The zero-order valence-electron chi connectivity index (χ0n) is 10.4. The van der Waals surface area contributed by atoms with Crippen LogP contribution in [0.5, 0.6) is 0 Å². The number of hydrogen-bond donors (Lipinski definition) is 1. The van der Waals surface area contributed by atoms with Crippen molar-refractivity contribution in [2.45, 2.75) is 51.3 Å². The van der Waals surface area contributed by atoms with Crippen molar-refractivity contribution in [1.82, 2.24) is 5.32 Å². The lowest BCUT2D eigenvalue weighted by Gasteiger charge is -2.35. The molecule has 96 valence electrons. The van der Waals surface area contributed by atoms with Crippen molar-refractivity contribution in [3.05, 3.63) is 0 Å². The van der Waals surface area contributed by atoms with Gasteiger partial charge in [0.15, 0.2) is 0 Å². The molecule has 0 aromatic carbocycles. The number of sulfone groups is 1. The SMILES string of the molecule is CCC1NC(C)CCC1OCCS(C)(=O)=O. The highest BCUT2D eigenvalue weighted by Gasteiger charge is 2.27. The van der Waals surface area contributed by atoms with Gasteiger partial charge < -0.3 is 10.1 Å². The maximum absolute atomic E-state index is 11.0. The normalized spacial score (nSPS) is 31.6. The van der Waals surface area contributed by atoms with Gasteiger partial charge in [-0.25, -0.2) is 8.42 Å². The van der Waals surface area contributed by atoms with Gasteiger partial charge in [-0.05, 0) is 26.2 Å². The van der Waals surface area contributed by atoms with Crippen LogP contribution in [0.15, 0.2) is 0 Å². The summed E-state index contributed by atoms with van der Waals surface area (Å²) in [7, 11) is -2.91. The molecule has 1 rings (SSSR count). The lowest BCUT2D eigenvalue weighted by molar-refractivity contribution is 0.00740. The first-order chi connectivity index (χ1) is 7.42. The summed E-state index contributed by atoms with van der Waals surface area (Å²) in [6, 6.07) is 0.906. The van der Waals surface area contributed by atoms with Gasteiger partial charge in [0.25, 0.3) is 0 Å². The predicted octanol–water partition coefficient (Wildman–Crippen LogP) is 0.967. The van der Waals surface area contributed by atoms with E-state index in [2.05, 4.69) is 19.2 Å². The van der Waals surface area contributed by atoms with E-state index in [1.165, 1.54) is 6.26 Å². The molecular weight excluding hydrogens is 226 g/mol. The lowest BCUT2D eigenvalue weighted by Crippen LogP contribution is -2.50. The third kappa shape index (κ3) is 4.80. The number of hydrogen-bond acceptors (Lipinski definition) is 4. The van der Waals surface area contributed by atoms with Crippen LogP contribution in [0.2, 0.25) is 0 Å². The highest BCUT2D eigenvalue weighted by Crippen LogP contribution is 2.18. The molecule has 3 atom stereocenters. The molecule has 1 N–H and O–H groups in total. The average Bonchev–Trinajstić information content (AvgIpc) is 2.18. The van der Waals surface area contributed by atoms with E-state index in [4.69, 9.17) is 4.74 Å². The van der Waals surface area contributed by atoms with E-state index >= 15 is 0 Å². The van der Waals surface area contributed by atoms with E-state index in [1.807, 2.05) is 0 Å². The first-order valence-corrected chi connectivity index (χ1v) is 8.04. The third-order valence-corrected chi connectivity index (χ3v) is 3.97. The van der Waals surface area contributed by atoms with Crippen molar-refractivity contribution in [2.75, 3.05) is 18.6 Å². The van der Waals surface area contributed by atoms with Crippen molar-refractivity contribution in [1.29, 1.82) is 0 Å². The van der Waals surface area contributed by atoms with Crippen LogP contribution in [0.3, 0.4) is 0 Å². The van der Waals surface area contributed by atoms with E-state index in [9.17, 15) is 8.42 Å². The maximum atomic E-state index is 11.0. The van der Waals surface area contributed by atoms with Gasteiger partial charge in [-0.1, -0.05) is 6.92 Å². The quantitative estimate of drug-likeness (QED) is 0.789. The Morgan fingerprint density at radius 2 is 2.06 bits per heavy atom. The Labute approximate surface area is 98.7 Å². The molecule has 16 heavy (non-hydrogen) atoms. The van der Waals surface area contributed by atoms with E-state index in [1.54, 1.807) is 0 Å². The molecule has 0 aliphatic carbocycles. The van der Waals surface area contributed by atoms with Crippen LogP contribution in [-0.4, -0.2) is 45.2 Å². The molecule has 5 heteroatoms. The molecule has 1 saturated heterocycles. The van der Waals surface area contributed by atoms with E-state index < -0.39 is 9.84 Å². The average molecular weight is 249 g/mol. The van der Waals surface area contributed by atoms with Crippen LogP contribution >= 0.6 is 0 Å². The zero-order valence-corrected chi connectivity index (χ0v) is 11.2. The first-order valence-electron chi connectivity index (χ1n) is 5.97. The Bertz CT molecular complexity index is 302. The molecular formula is C11H23NO3S. The fourth-order valence-corrected chi connectivity index (χ4v) is 2.50. The fourth-order valence-electron chi connectivity index (χ4n) is 2.10. The molecule has 0 aromatic rings. The molecule has 4 nitrogen and oxygen atoms in total. The van der Waals surface area contributed by atoms with Gasteiger partial charge in [0.05, 0.1) is 18.5 Å². The summed E-state index contributed by atoms with van der Waals surface area (Å²) >= 11 is 0. The third-order valence-electron chi connectivity index (χ3n) is 3.06. The van der Waals surface area contributed by atoms with Gasteiger partial charge in [-0.15, -0.1) is 0 Å². The molecule has 1 aliphatic heterocycles. The highest BCUT2D eigenvalue weighted by molar-refractivity contribution is 7.90. The number of rotatable bonds is 5. The second-order valence-electron chi connectivity index (χ2n) is 4.70. The van der Waals surface area contributed by atoms with Crippen LogP contribution in [-0.2, 0) is 14.6 Å². The van der Waals surface area contributed by atoms with Gasteiger partial charge in [0.2, 0.25) is 0 Å². The van der Waals surface area contributed by atoms with Gasteiger partial charge in [-0.2, -0.15) is 0 Å². The first kappa shape index (κ1) is 13.9. The van der Waals surface area contributed by atoms with Gasteiger partial charge in [0, 0.05) is 18.3 Å². The van der Waals surface area contributed by atoms with Crippen LogP contribution in [0, 0.1) is 0 Å². The molecule has 0 radical (unpaired) electrons.